The maximum absolute atomic E-state index is 9.66. The third-order valence-electron chi connectivity index (χ3n) is 1.98. The van der Waals surface area contributed by atoms with Crippen LogP contribution in [0.2, 0.25) is 0 Å². The average molecular weight is 190 g/mol. The molecule has 2 rings (SSSR count). The first-order valence-electron chi connectivity index (χ1n) is 4.18. The first-order valence-corrected chi connectivity index (χ1v) is 4.18. The lowest BCUT2D eigenvalue weighted by atomic mass is 10.1. The molecule has 0 saturated heterocycles. The lowest BCUT2D eigenvalue weighted by Crippen LogP contribution is -1.88. The fraction of sp³-hybridized carbons (Fsp3) is 0.100. The van der Waals surface area contributed by atoms with Gasteiger partial charge in [0.15, 0.2) is 0 Å². The molecule has 1 aromatic heterocycles. The number of ether oxygens (including phenoxy) is 1. The van der Waals surface area contributed by atoms with Crippen molar-refractivity contribution >= 4 is 0 Å². The summed E-state index contributed by atoms with van der Waals surface area (Å²) in [6.07, 6.45) is 3.26. The number of H-pyrrole nitrogens is 1. The maximum Gasteiger partial charge on any atom is 0.132 e. The van der Waals surface area contributed by atoms with Crippen molar-refractivity contribution in [2.75, 3.05) is 7.11 Å². The Balaban J connectivity index is 2.61. The Labute approximate surface area is 81.2 Å². The summed E-state index contributed by atoms with van der Waals surface area (Å²) in [7, 11) is 1.56. The molecule has 0 fully saturated rings. The number of phenols is 1. The van der Waals surface area contributed by atoms with Crippen LogP contribution in [0.3, 0.4) is 0 Å². The summed E-state index contributed by atoms with van der Waals surface area (Å²) >= 11 is 0. The fourth-order valence-electron chi connectivity index (χ4n) is 1.34. The summed E-state index contributed by atoms with van der Waals surface area (Å²) < 4.78 is 5.14. The van der Waals surface area contributed by atoms with Crippen molar-refractivity contribution in [1.82, 2.24) is 9.97 Å². The van der Waals surface area contributed by atoms with Crippen LogP contribution in [0.1, 0.15) is 0 Å². The number of nitrogens with one attached hydrogen (secondary N) is 1. The summed E-state index contributed by atoms with van der Waals surface area (Å²) in [5.74, 6) is 0.772. The van der Waals surface area contributed by atoms with Crippen LogP contribution in [0.15, 0.2) is 30.7 Å². The Morgan fingerprint density at radius 1 is 1.43 bits per heavy atom. The van der Waals surface area contributed by atoms with E-state index in [1.807, 2.05) is 0 Å². The summed E-state index contributed by atoms with van der Waals surface area (Å²) in [5, 5.41) is 9.66. The van der Waals surface area contributed by atoms with E-state index in [2.05, 4.69) is 9.97 Å². The molecule has 0 aliphatic carbocycles. The molecule has 0 saturated carbocycles. The molecule has 0 radical (unpaired) electrons. The van der Waals surface area contributed by atoms with E-state index in [0.717, 1.165) is 0 Å². The second-order valence-corrected chi connectivity index (χ2v) is 2.81. The number of hydrogen-bond acceptors (Lipinski definition) is 3. The van der Waals surface area contributed by atoms with Gasteiger partial charge in [-0.05, 0) is 12.1 Å². The summed E-state index contributed by atoms with van der Waals surface area (Å²) in [5.41, 5.74) is 1.27. The smallest absolute Gasteiger partial charge is 0.132 e. The predicted molar refractivity (Wildman–Crippen MR) is 52.2 cm³/mol. The van der Waals surface area contributed by atoms with Crippen molar-refractivity contribution in [3.8, 4) is 22.8 Å². The van der Waals surface area contributed by atoms with Crippen molar-refractivity contribution in [2.45, 2.75) is 0 Å². The number of aromatic hydroxyl groups is 1. The van der Waals surface area contributed by atoms with Crippen LogP contribution in [0.5, 0.6) is 11.5 Å². The van der Waals surface area contributed by atoms with Gasteiger partial charge >= 0.3 is 0 Å². The van der Waals surface area contributed by atoms with Gasteiger partial charge in [0, 0.05) is 6.20 Å². The molecule has 14 heavy (non-hydrogen) atoms. The van der Waals surface area contributed by atoms with Crippen LogP contribution in [0.4, 0.5) is 0 Å². The van der Waals surface area contributed by atoms with Gasteiger partial charge in [-0.2, -0.15) is 0 Å². The molecule has 0 amide bonds. The van der Waals surface area contributed by atoms with Crippen LogP contribution in [-0.2, 0) is 0 Å². The molecule has 0 aliphatic heterocycles. The van der Waals surface area contributed by atoms with Crippen LogP contribution in [-0.4, -0.2) is 22.2 Å². The van der Waals surface area contributed by atoms with Crippen LogP contribution in [0, 0.1) is 0 Å². The van der Waals surface area contributed by atoms with E-state index >= 15 is 0 Å². The van der Waals surface area contributed by atoms with E-state index in [4.69, 9.17) is 4.74 Å². The van der Waals surface area contributed by atoms with Gasteiger partial charge in [0.2, 0.25) is 0 Å². The molecule has 0 bridgehead atoms. The predicted octanol–water partition coefficient (Wildman–Crippen LogP) is 1.79. The second kappa shape index (κ2) is 3.41. The summed E-state index contributed by atoms with van der Waals surface area (Å²) in [6, 6.07) is 5.11. The van der Waals surface area contributed by atoms with Gasteiger partial charge in [0.1, 0.15) is 11.5 Å². The van der Waals surface area contributed by atoms with E-state index in [9.17, 15) is 5.11 Å². The van der Waals surface area contributed by atoms with Gasteiger partial charge in [-0.15, -0.1) is 0 Å². The van der Waals surface area contributed by atoms with Crippen molar-refractivity contribution in [2.24, 2.45) is 0 Å². The van der Waals surface area contributed by atoms with Crippen LogP contribution >= 0.6 is 0 Å². The molecule has 4 nitrogen and oxygen atoms in total. The largest absolute Gasteiger partial charge is 0.507 e. The molecule has 0 spiro atoms. The fourth-order valence-corrected chi connectivity index (χ4v) is 1.34. The highest BCUT2D eigenvalue weighted by Crippen LogP contribution is 2.35. The van der Waals surface area contributed by atoms with E-state index in [-0.39, 0.29) is 5.75 Å². The Hall–Kier alpha value is -1.97. The number of phenolic OH excluding ortho intramolecular Hbond substituents is 1. The zero-order valence-corrected chi connectivity index (χ0v) is 7.69. The van der Waals surface area contributed by atoms with Crippen molar-refractivity contribution in [3.63, 3.8) is 0 Å². The minimum atomic E-state index is 0.163. The van der Waals surface area contributed by atoms with E-state index in [1.165, 1.54) is 0 Å². The molecule has 1 heterocycles. The minimum Gasteiger partial charge on any atom is -0.507 e. The van der Waals surface area contributed by atoms with E-state index in [1.54, 1.807) is 37.8 Å². The SMILES string of the molecule is COc1cccc(O)c1-c1c[nH]cn1. The number of aromatic nitrogens is 2. The highest BCUT2D eigenvalue weighted by molar-refractivity contribution is 5.73. The van der Waals surface area contributed by atoms with Gasteiger partial charge in [-0.1, -0.05) is 6.07 Å². The Bertz CT molecular complexity index is 424. The first-order chi connectivity index (χ1) is 6.83. The molecule has 2 aromatic rings. The third-order valence-corrected chi connectivity index (χ3v) is 1.98. The third kappa shape index (κ3) is 1.31. The molecule has 0 aliphatic rings. The van der Waals surface area contributed by atoms with Crippen molar-refractivity contribution in [3.05, 3.63) is 30.7 Å². The molecule has 0 atom stereocenters. The van der Waals surface area contributed by atoms with Gasteiger partial charge in [-0.25, -0.2) is 4.98 Å². The average Bonchev–Trinajstić information content (AvgIpc) is 2.70. The second-order valence-electron chi connectivity index (χ2n) is 2.81. The zero-order valence-electron chi connectivity index (χ0n) is 7.69. The molecular formula is C10H10N2O2. The highest BCUT2D eigenvalue weighted by Gasteiger charge is 2.11. The Kier molecular flexibility index (Phi) is 2.10. The first kappa shape index (κ1) is 8.62. The van der Waals surface area contributed by atoms with Gasteiger partial charge in [-0.3, -0.25) is 0 Å². The van der Waals surface area contributed by atoms with E-state index < -0.39 is 0 Å². The van der Waals surface area contributed by atoms with Gasteiger partial charge in [0.25, 0.3) is 0 Å². The number of rotatable bonds is 2. The summed E-state index contributed by atoms with van der Waals surface area (Å²) in [6.45, 7) is 0. The zero-order chi connectivity index (χ0) is 9.97. The molecule has 2 N–H and O–H groups in total. The number of aromatic amines is 1. The van der Waals surface area contributed by atoms with Gasteiger partial charge < -0.3 is 14.8 Å². The van der Waals surface area contributed by atoms with Gasteiger partial charge in [0.05, 0.1) is 24.7 Å². The number of imidazole rings is 1. The molecule has 72 valence electrons. The van der Waals surface area contributed by atoms with Crippen molar-refractivity contribution in [1.29, 1.82) is 0 Å². The molecule has 1 aromatic carbocycles. The topological polar surface area (TPSA) is 58.1 Å². The lowest BCUT2D eigenvalue weighted by Gasteiger charge is -2.07. The number of hydrogen-bond donors (Lipinski definition) is 2. The molecule has 0 unspecified atom stereocenters. The molecule has 4 heteroatoms. The van der Waals surface area contributed by atoms with Crippen molar-refractivity contribution < 1.29 is 9.84 Å². The minimum absolute atomic E-state index is 0.163. The van der Waals surface area contributed by atoms with Crippen LogP contribution < -0.4 is 4.74 Å². The Morgan fingerprint density at radius 3 is 2.93 bits per heavy atom. The van der Waals surface area contributed by atoms with Crippen LogP contribution in [0.25, 0.3) is 11.3 Å². The normalized spacial score (nSPS) is 10.1. The number of benzene rings is 1. The standard InChI is InChI=1S/C10H10N2O2/c1-14-9-4-2-3-8(13)10(9)7-5-11-6-12-7/h2-6,13H,1H3,(H,11,12). The summed E-state index contributed by atoms with van der Waals surface area (Å²) in [4.78, 5) is 6.89. The quantitative estimate of drug-likeness (QED) is 0.759. The van der Waals surface area contributed by atoms with E-state index in [0.29, 0.717) is 17.0 Å². The highest BCUT2D eigenvalue weighted by atomic mass is 16.5. The lowest BCUT2D eigenvalue weighted by molar-refractivity contribution is 0.410. The monoisotopic (exact) mass is 190 g/mol. The Morgan fingerprint density at radius 2 is 2.29 bits per heavy atom. The number of methoxy groups -OCH3 is 1. The number of nitrogens with zero attached hydrogens (tertiary/aromatic N) is 1. The molecular weight excluding hydrogens is 180 g/mol. The maximum atomic E-state index is 9.66.